The molecule has 0 aliphatic carbocycles. The fourth-order valence-electron chi connectivity index (χ4n) is 2.86. The lowest BCUT2D eigenvalue weighted by Gasteiger charge is -2.28. The van der Waals surface area contributed by atoms with E-state index in [9.17, 15) is 13.9 Å². The van der Waals surface area contributed by atoms with Gasteiger partial charge in [0.05, 0.1) is 24.0 Å². The summed E-state index contributed by atoms with van der Waals surface area (Å²) in [5.41, 5.74) is 1.18. The molecule has 1 N–H and O–H groups in total. The van der Waals surface area contributed by atoms with Crippen molar-refractivity contribution in [3.05, 3.63) is 47.3 Å². The third-order valence-corrected chi connectivity index (χ3v) is 4.31. The van der Waals surface area contributed by atoms with Gasteiger partial charge in [-0.15, -0.1) is 5.10 Å². The van der Waals surface area contributed by atoms with Crippen LogP contribution in [0.1, 0.15) is 37.1 Å². The molecular weight excluding hydrogens is 302 g/mol. The predicted octanol–water partition coefficient (Wildman–Crippen LogP) is 2.12. The van der Waals surface area contributed by atoms with Gasteiger partial charge < -0.3 is 5.11 Å². The average molecular weight is 322 g/mol. The molecule has 0 radical (unpaired) electrons. The zero-order valence-corrected chi connectivity index (χ0v) is 13.0. The minimum atomic E-state index is -0.593. The van der Waals surface area contributed by atoms with Crippen molar-refractivity contribution < 1.29 is 13.9 Å². The van der Waals surface area contributed by atoms with Gasteiger partial charge in [0.25, 0.3) is 0 Å². The van der Waals surface area contributed by atoms with Crippen molar-refractivity contribution >= 4 is 0 Å². The number of nitrogens with zero attached hydrogens (tertiary/aromatic N) is 4. The van der Waals surface area contributed by atoms with E-state index < -0.39 is 11.6 Å². The molecule has 3 rings (SSSR count). The van der Waals surface area contributed by atoms with E-state index in [1.807, 2.05) is 0 Å². The molecule has 5 nitrogen and oxygen atoms in total. The van der Waals surface area contributed by atoms with Gasteiger partial charge in [-0.25, -0.2) is 13.5 Å². The largest absolute Gasteiger partial charge is 0.393 e. The number of aromatic nitrogens is 3. The van der Waals surface area contributed by atoms with Gasteiger partial charge >= 0.3 is 0 Å². The number of halogens is 2. The van der Waals surface area contributed by atoms with Gasteiger partial charge in [-0.3, -0.25) is 4.90 Å². The smallest absolute Gasteiger partial charge is 0.131 e. The van der Waals surface area contributed by atoms with Gasteiger partial charge in [-0.05, 0) is 25.8 Å². The first-order valence-corrected chi connectivity index (χ1v) is 7.79. The van der Waals surface area contributed by atoms with Crippen LogP contribution in [0.5, 0.6) is 0 Å². The highest BCUT2D eigenvalue weighted by molar-refractivity contribution is 5.22. The fraction of sp³-hybridized carbons (Fsp3) is 0.500. The second-order valence-electron chi connectivity index (χ2n) is 6.04. The Kier molecular flexibility index (Phi) is 4.68. The predicted molar refractivity (Wildman–Crippen MR) is 80.7 cm³/mol. The zero-order chi connectivity index (χ0) is 16.4. The number of hydrogen-bond acceptors (Lipinski definition) is 4. The van der Waals surface area contributed by atoms with Crippen molar-refractivity contribution in [1.82, 2.24) is 19.9 Å². The molecule has 0 bridgehead atoms. The zero-order valence-electron chi connectivity index (χ0n) is 13.0. The average Bonchev–Trinajstić information content (AvgIpc) is 2.97. The molecule has 1 atom stereocenters. The molecule has 1 saturated heterocycles. The molecule has 0 spiro atoms. The lowest BCUT2D eigenvalue weighted by molar-refractivity contribution is 0.0786. The van der Waals surface area contributed by atoms with Crippen molar-refractivity contribution in [1.29, 1.82) is 0 Å². The van der Waals surface area contributed by atoms with E-state index in [2.05, 4.69) is 15.2 Å². The van der Waals surface area contributed by atoms with Crippen LogP contribution in [-0.4, -0.2) is 44.2 Å². The van der Waals surface area contributed by atoms with Crippen LogP contribution in [0.15, 0.2) is 24.4 Å². The summed E-state index contributed by atoms with van der Waals surface area (Å²) in [5, 5.41) is 17.7. The summed E-state index contributed by atoms with van der Waals surface area (Å²) >= 11 is 0. The molecule has 23 heavy (non-hydrogen) atoms. The van der Waals surface area contributed by atoms with Gasteiger partial charge in [0.15, 0.2) is 0 Å². The first-order valence-electron chi connectivity index (χ1n) is 7.79. The highest BCUT2D eigenvalue weighted by Gasteiger charge is 2.19. The van der Waals surface area contributed by atoms with E-state index in [1.54, 1.807) is 17.8 Å². The molecule has 1 fully saturated rings. The van der Waals surface area contributed by atoms with E-state index in [0.29, 0.717) is 12.1 Å². The highest BCUT2D eigenvalue weighted by Crippen LogP contribution is 2.21. The van der Waals surface area contributed by atoms with E-state index in [4.69, 9.17) is 0 Å². The van der Waals surface area contributed by atoms with Gasteiger partial charge in [-0.2, -0.15) is 0 Å². The summed E-state index contributed by atoms with van der Waals surface area (Å²) in [5.74, 6) is -1.18. The molecule has 124 valence electrons. The minimum absolute atomic E-state index is 0.205. The summed E-state index contributed by atoms with van der Waals surface area (Å²) < 4.78 is 28.5. The maximum absolute atomic E-state index is 13.9. The van der Waals surface area contributed by atoms with Crippen LogP contribution in [0, 0.1) is 11.6 Å². The molecule has 0 unspecified atom stereocenters. The molecule has 2 aromatic rings. The van der Waals surface area contributed by atoms with Crippen molar-refractivity contribution in [3.63, 3.8) is 0 Å². The molecule has 1 aliphatic rings. The Hall–Kier alpha value is -1.86. The fourth-order valence-corrected chi connectivity index (χ4v) is 2.86. The van der Waals surface area contributed by atoms with Crippen LogP contribution in [0.25, 0.3) is 0 Å². The number of likely N-dealkylation sites (tertiary alicyclic amines) is 1. The summed E-state index contributed by atoms with van der Waals surface area (Å²) in [6, 6.07) is 3.19. The van der Waals surface area contributed by atoms with E-state index in [0.717, 1.165) is 37.7 Å². The standard InChI is InChI=1S/C16H20F2N4O/c1-11(15-3-2-12(17)8-16(15)18)22-10-13(19-20-22)9-21-6-4-14(23)5-7-21/h2-3,8,10-11,14,23H,4-7,9H2,1H3/t11-/m0/s1. The van der Waals surface area contributed by atoms with Crippen LogP contribution in [0.4, 0.5) is 8.78 Å². The Morgan fingerprint density at radius 1 is 1.30 bits per heavy atom. The molecule has 0 amide bonds. The number of hydrogen-bond donors (Lipinski definition) is 1. The third kappa shape index (κ3) is 3.73. The number of piperidine rings is 1. The Balaban J connectivity index is 1.68. The molecule has 1 aromatic heterocycles. The van der Waals surface area contributed by atoms with Crippen LogP contribution < -0.4 is 0 Å². The van der Waals surface area contributed by atoms with Crippen LogP contribution in [0.2, 0.25) is 0 Å². The Morgan fingerprint density at radius 2 is 2.04 bits per heavy atom. The molecular formula is C16H20F2N4O. The summed E-state index contributed by atoms with van der Waals surface area (Å²) in [7, 11) is 0. The molecule has 0 saturated carbocycles. The summed E-state index contributed by atoms with van der Waals surface area (Å²) in [6.45, 7) is 4.11. The molecule has 1 aliphatic heterocycles. The monoisotopic (exact) mass is 322 g/mol. The first kappa shape index (κ1) is 16.0. The van der Waals surface area contributed by atoms with E-state index in [-0.39, 0.29) is 12.1 Å². The topological polar surface area (TPSA) is 54.2 Å². The third-order valence-electron chi connectivity index (χ3n) is 4.31. The quantitative estimate of drug-likeness (QED) is 0.937. The van der Waals surface area contributed by atoms with Gasteiger partial charge in [0, 0.05) is 31.3 Å². The van der Waals surface area contributed by atoms with E-state index in [1.165, 1.54) is 12.1 Å². The maximum atomic E-state index is 13.9. The number of aliphatic hydroxyl groups is 1. The minimum Gasteiger partial charge on any atom is -0.393 e. The SMILES string of the molecule is C[C@@H](c1ccc(F)cc1F)n1cc(CN2CCC(O)CC2)nn1. The second kappa shape index (κ2) is 6.72. The van der Waals surface area contributed by atoms with Crippen LogP contribution in [0.3, 0.4) is 0 Å². The molecule has 2 heterocycles. The number of aliphatic hydroxyl groups excluding tert-OH is 1. The summed E-state index contributed by atoms with van der Waals surface area (Å²) in [6.07, 6.45) is 3.12. The van der Waals surface area contributed by atoms with Gasteiger partial charge in [-0.1, -0.05) is 11.3 Å². The highest BCUT2D eigenvalue weighted by atomic mass is 19.1. The van der Waals surface area contributed by atoms with E-state index >= 15 is 0 Å². The maximum Gasteiger partial charge on any atom is 0.131 e. The van der Waals surface area contributed by atoms with Crippen molar-refractivity contribution in [3.8, 4) is 0 Å². The summed E-state index contributed by atoms with van der Waals surface area (Å²) in [4.78, 5) is 2.21. The van der Waals surface area contributed by atoms with Crippen LogP contribution in [-0.2, 0) is 6.54 Å². The van der Waals surface area contributed by atoms with Gasteiger partial charge in [0.1, 0.15) is 11.6 Å². The van der Waals surface area contributed by atoms with Crippen molar-refractivity contribution in [2.45, 2.75) is 38.5 Å². The number of benzene rings is 1. The Morgan fingerprint density at radius 3 is 2.74 bits per heavy atom. The van der Waals surface area contributed by atoms with Crippen molar-refractivity contribution in [2.24, 2.45) is 0 Å². The van der Waals surface area contributed by atoms with Gasteiger partial charge in [0.2, 0.25) is 0 Å². The molecule has 7 heteroatoms. The lowest BCUT2D eigenvalue weighted by atomic mass is 10.1. The Labute approximate surface area is 133 Å². The second-order valence-corrected chi connectivity index (χ2v) is 6.04. The Bertz CT molecular complexity index is 668. The molecule has 1 aromatic carbocycles. The first-order chi connectivity index (χ1) is 11.0. The lowest BCUT2D eigenvalue weighted by Crippen LogP contribution is -2.35. The number of rotatable bonds is 4. The van der Waals surface area contributed by atoms with Crippen LogP contribution >= 0.6 is 0 Å². The van der Waals surface area contributed by atoms with Crippen molar-refractivity contribution in [2.75, 3.05) is 13.1 Å². The normalized spacial score (nSPS) is 18.3.